The van der Waals surface area contributed by atoms with Crippen LogP contribution in [-0.2, 0) is 0 Å². The second-order valence-corrected chi connectivity index (χ2v) is 6.18. The lowest BCUT2D eigenvalue weighted by Gasteiger charge is -2.04. The van der Waals surface area contributed by atoms with Crippen LogP contribution in [0, 0.1) is 6.92 Å². The molecule has 1 amide bonds. The van der Waals surface area contributed by atoms with Crippen molar-refractivity contribution in [2.75, 3.05) is 5.32 Å². The van der Waals surface area contributed by atoms with Gasteiger partial charge < -0.3 is 4.42 Å². The average molecular weight is 355 g/mol. The Kier molecular flexibility index (Phi) is 4.49. The number of hydrogen-bond donors (Lipinski definition) is 1. The Balaban J connectivity index is 1.48. The summed E-state index contributed by atoms with van der Waals surface area (Å²) >= 11 is 0. The number of hydrogen-bond acceptors (Lipinski definition) is 4. The largest absolute Gasteiger partial charge is 0.403 e. The van der Waals surface area contributed by atoms with Gasteiger partial charge in [-0.15, -0.1) is 5.10 Å². The number of carbonyl (C=O) groups is 1. The van der Waals surface area contributed by atoms with E-state index in [1.165, 1.54) is 0 Å². The lowest BCUT2D eigenvalue weighted by Crippen LogP contribution is -2.11. The highest BCUT2D eigenvalue weighted by Gasteiger charge is 2.13. The third-order valence-electron chi connectivity index (χ3n) is 4.16. The number of nitrogens with one attached hydrogen (secondary N) is 1. The molecule has 0 saturated carbocycles. The first kappa shape index (κ1) is 16.7. The first-order valence-electron chi connectivity index (χ1n) is 8.56. The summed E-state index contributed by atoms with van der Waals surface area (Å²) in [6.45, 7) is 1.99. The summed E-state index contributed by atoms with van der Waals surface area (Å²) < 4.78 is 5.56. The molecule has 0 unspecified atom stereocenters. The van der Waals surface area contributed by atoms with Crippen molar-refractivity contribution in [2.45, 2.75) is 6.92 Å². The lowest BCUT2D eigenvalue weighted by molar-refractivity contribution is 0.102. The van der Waals surface area contributed by atoms with E-state index in [0.717, 1.165) is 22.3 Å². The Morgan fingerprint density at radius 3 is 2.26 bits per heavy atom. The van der Waals surface area contributed by atoms with Crippen LogP contribution >= 0.6 is 0 Å². The molecule has 0 bridgehead atoms. The first-order chi connectivity index (χ1) is 13.2. The maximum Gasteiger partial charge on any atom is 0.322 e. The summed E-state index contributed by atoms with van der Waals surface area (Å²) in [6, 6.07) is 25.2. The SMILES string of the molecule is Cc1cccc(-c2nnc(NC(=O)c3ccc(-c4ccccc4)cc3)o2)c1. The van der Waals surface area contributed by atoms with Crippen molar-refractivity contribution in [1.82, 2.24) is 10.2 Å². The van der Waals surface area contributed by atoms with Crippen molar-refractivity contribution in [3.8, 4) is 22.6 Å². The fraction of sp³-hybridized carbons (Fsp3) is 0.0455. The molecular weight excluding hydrogens is 338 g/mol. The van der Waals surface area contributed by atoms with Crippen molar-refractivity contribution >= 4 is 11.9 Å². The molecule has 1 N–H and O–H groups in total. The third kappa shape index (κ3) is 3.77. The number of amides is 1. The minimum Gasteiger partial charge on any atom is -0.403 e. The number of aromatic nitrogens is 2. The molecular formula is C22H17N3O2. The monoisotopic (exact) mass is 355 g/mol. The van der Waals surface area contributed by atoms with Crippen LogP contribution in [0.15, 0.2) is 83.3 Å². The summed E-state index contributed by atoms with van der Waals surface area (Å²) in [6.07, 6.45) is 0. The molecule has 1 aromatic heterocycles. The number of benzene rings is 3. The summed E-state index contributed by atoms with van der Waals surface area (Å²) in [4.78, 5) is 12.4. The molecule has 1 heterocycles. The molecule has 3 aromatic carbocycles. The van der Waals surface area contributed by atoms with Gasteiger partial charge in [-0.2, -0.15) is 0 Å². The molecule has 4 rings (SSSR count). The zero-order valence-electron chi connectivity index (χ0n) is 14.7. The van der Waals surface area contributed by atoms with Gasteiger partial charge in [-0.1, -0.05) is 65.3 Å². The van der Waals surface area contributed by atoms with E-state index in [4.69, 9.17) is 4.42 Å². The molecule has 0 saturated heterocycles. The zero-order chi connectivity index (χ0) is 18.6. The van der Waals surface area contributed by atoms with Crippen LogP contribution in [0.25, 0.3) is 22.6 Å². The second kappa shape index (κ2) is 7.25. The Bertz CT molecular complexity index is 1070. The number of aryl methyl sites for hydroxylation is 1. The van der Waals surface area contributed by atoms with Crippen LogP contribution in [0.3, 0.4) is 0 Å². The predicted octanol–water partition coefficient (Wildman–Crippen LogP) is 4.96. The molecule has 132 valence electrons. The number of carbonyl (C=O) groups excluding carboxylic acids is 1. The molecule has 0 spiro atoms. The van der Waals surface area contributed by atoms with Crippen molar-refractivity contribution < 1.29 is 9.21 Å². The molecule has 5 heteroatoms. The number of anilines is 1. The van der Waals surface area contributed by atoms with E-state index in [-0.39, 0.29) is 11.9 Å². The molecule has 5 nitrogen and oxygen atoms in total. The van der Waals surface area contributed by atoms with E-state index in [0.29, 0.717) is 11.5 Å². The maximum atomic E-state index is 12.4. The van der Waals surface area contributed by atoms with Crippen LogP contribution < -0.4 is 5.32 Å². The van der Waals surface area contributed by atoms with Gasteiger partial charge >= 0.3 is 6.01 Å². The highest BCUT2D eigenvalue weighted by molar-refractivity contribution is 6.03. The minimum absolute atomic E-state index is 0.0728. The molecule has 0 aliphatic rings. The Morgan fingerprint density at radius 2 is 1.52 bits per heavy atom. The van der Waals surface area contributed by atoms with Crippen molar-refractivity contribution in [1.29, 1.82) is 0 Å². The molecule has 0 radical (unpaired) electrons. The van der Waals surface area contributed by atoms with Crippen LogP contribution in [0.1, 0.15) is 15.9 Å². The van der Waals surface area contributed by atoms with Gasteiger partial charge in [0.15, 0.2) is 0 Å². The van der Waals surface area contributed by atoms with Gasteiger partial charge in [0, 0.05) is 11.1 Å². The number of nitrogens with zero attached hydrogens (tertiary/aromatic N) is 2. The minimum atomic E-state index is -0.297. The smallest absolute Gasteiger partial charge is 0.322 e. The Morgan fingerprint density at radius 1 is 0.815 bits per heavy atom. The summed E-state index contributed by atoms with van der Waals surface area (Å²) in [7, 11) is 0. The van der Waals surface area contributed by atoms with Crippen molar-refractivity contribution in [3.63, 3.8) is 0 Å². The average Bonchev–Trinajstić information content (AvgIpc) is 3.17. The van der Waals surface area contributed by atoms with Gasteiger partial charge in [0.05, 0.1) is 0 Å². The van der Waals surface area contributed by atoms with E-state index in [1.807, 2.05) is 73.7 Å². The highest BCUT2D eigenvalue weighted by atomic mass is 16.4. The fourth-order valence-corrected chi connectivity index (χ4v) is 2.78. The molecule has 0 aliphatic carbocycles. The molecule has 4 aromatic rings. The molecule has 27 heavy (non-hydrogen) atoms. The van der Waals surface area contributed by atoms with Crippen molar-refractivity contribution in [2.24, 2.45) is 0 Å². The summed E-state index contributed by atoms with van der Waals surface area (Å²) in [5.74, 6) is 0.0717. The second-order valence-electron chi connectivity index (χ2n) is 6.18. The summed E-state index contributed by atoms with van der Waals surface area (Å²) in [5.41, 5.74) is 4.57. The third-order valence-corrected chi connectivity index (χ3v) is 4.16. The van der Waals surface area contributed by atoms with Gasteiger partial charge in [0.25, 0.3) is 5.91 Å². The first-order valence-corrected chi connectivity index (χ1v) is 8.56. The van der Waals surface area contributed by atoms with Crippen LogP contribution in [0.5, 0.6) is 0 Å². The molecule has 0 atom stereocenters. The van der Waals surface area contributed by atoms with Crippen molar-refractivity contribution in [3.05, 3.63) is 90.0 Å². The van der Waals surface area contributed by atoms with Gasteiger partial charge in [0.2, 0.25) is 5.89 Å². The van der Waals surface area contributed by atoms with Gasteiger partial charge in [-0.25, -0.2) is 0 Å². The highest BCUT2D eigenvalue weighted by Crippen LogP contribution is 2.22. The standard InChI is InChI=1S/C22H17N3O2/c1-15-6-5-9-19(14-15)21-24-25-22(27-21)23-20(26)18-12-10-17(11-13-18)16-7-3-2-4-8-16/h2-14H,1H3,(H,23,25,26). The van der Waals surface area contributed by atoms with Crippen LogP contribution in [0.4, 0.5) is 6.01 Å². The topological polar surface area (TPSA) is 68.0 Å². The van der Waals surface area contributed by atoms with E-state index < -0.39 is 0 Å². The maximum absolute atomic E-state index is 12.4. The molecule has 0 fully saturated rings. The summed E-state index contributed by atoms with van der Waals surface area (Å²) in [5, 5.41) is 10.5. The number of rotatable bonds is 4. The quantitative estimate of drug-likeness (QED) is 0.561. The fourth-order valence-electron chi connectivity index (χ4n) is 2.78. The van der Waals surface area contributed by atoms with Crippen LogP contribution in [0.2, 0.25) is 0 Å². The normalized spacial score (nSPS) is 10.6. The van der Waals surface area contributed by atoms with E-state index >= 15 is 0 Å². The lowest BCUT2D eigenvalue weighted by atomic mass is 10.0. The Hall–Kier alpha value is -3.73. The molecule has 0 aliphatic heterocycles. The van der Waals surface area contributed by atoms with Gasteiger partial charge in [-0.05, 0) is 42.3 Å². The van der Waals surface area contributed by atoms with Gasteiger partial charge in [-0.3, -0.25) is 10.1 Å². The van der Waals surface area contributed by atoms with E-state index in [9.17, 15) is 4.79 Å². The zero-order valence-corrected chi connectivity index (χ0v) is 14.7. The van der Waals surface area contributed by atoms with E-state index in [1.54, 1.807) is 12.1 Å². The predicted molar refractivity (Wildman–Crippen MR) is 104 cm³/mol. The van der Waals surface area contributed by atoms with E-state index in [2.05, 4.69) is 15.5 Å². The Labute approximate surface area is 156 Å². The van der Waals surface area contributed by atoms with Crippen LogP contribution in [-0.4, -0.2) is 16.1 Å². The van der Waals surface area contributed by atoms with Gasteiger partial charge in [0.1, 0.15) is 0 Å².